The van der Waals surface area contributed by atoms with Crippen LogP contribution in [0.5, 0.6) is 0 Å². The third-order valence-electron chi connectivity index (χ3n) is 17.5. The highest BCUT2D eigenvalue weighted by molar-refractivity contribution is 6.36. The lowest BCUT2D eigenvalue weighted by molar-refractivity contribution is 1.18. The van der Waals surface area contributed by atoms with Crippen LogP contribution in [-0.2, 0) is 0 Å². The van der Waals surface area contributed by atoms with Gasteiger partial charge in [0.1, 0.15) is 5.65 Å². The number of pyridine rings is 1. The molecule has 0 amide bonds. The van der Waals surface area contributed by atoms with E-state index in [-0.39, 0.29) is 0 Å². The van der Waals surface area contributed by atoms with Crippen LogP contribution in [0.15, 0.2) is 249 Å². The molecule has 0 aliphatic carbocycles. The van der Waals surface area contributed by atoms with Crippen molar-refractivity contribution in [1.82, 2.24) is 22.9 Å². The normalized spacial score (nSPS) is 12.6. The minimum Gasteiger partial charge on any atom is -0.309 e. The number of para-hydroxylation sites is 6. The van der Waals surface area contributed by atoms with Gasteiger partial charge in [-0.05, 0) is 112 Å². The molecule has 78 heavy (non-hydrogen) atoms. The topological polar surface area (TPSA) is 31.6 Å². The van der Waals surface area contributed by atoms with Crippen LogP contribution < -0.4 is 0 Å². The molecule has 0 saturated heterocycles. The first kappa shape index (κ1) is 40.8. The van der Waals surface area contributed by atoms with Crippen molar-refractivity contribution in [3.8, 4) is 33.6 Å². The Morgan fingerprint density at radius 2 is 0.718 bits per heavy atom. The van der Waals surface area contributed by atoms with Gasteiger partial charge in [0.05, 0.1) is 55.2 Å². The monoisotopic (exact) mass is 987 g/mol. The quantitative estimate of drug-likeness (QED) is 0.173. The molecule has 19 rings (SSSR count). The predicted molar refractivity (Wildman–Crippen MR) is 328 cm³/mol. The molecular weight excluding hydrogens is 947 g/mol. The molecule has 5 heteroatoms. The van der Waals surface area contributed by atoms with E-state index >= 15 is 0 Å². The van der Waals surface area contributed by atoms with E-state index < -0.39 is 0 Å². The number of benzene rings is 12. The summed E-state index contributed by atoms with van der Waals surface area (Å²) in [5.74, 6) is 0. The molecular formula is C73H41N5. The Morgan fingerprint density at radius 3 is 1.32 bits per heavy atom. The van der Waals surface area contributed by atoms with Crippen LogP contribution in [0.4, 0.5) is 0 Å². The molecule has 0 unspecified atom stereocenters. The Hall–Kier alpha value is -10.5. The van der Waals surface area contributed by atoms with Crippen LogP contribution in [0.1, 0.15) is 0 Å². The molecule has 0 saturated carbocycles. The number of hydrogen-bond donors (Lipinski definition) is 0. The number of aromatic nitrogens is 5. The van der Waals surface area contributed by atoms with Gasteiger partial charge in [0.25, 0.3) is 0 Å². The molecule has 0 radical (unpaired) electrons. The number of nitrogens with zero attached hydrogens (tertiary/aromatic N) is 5. The molecule has 7 aromatic heterocycles. The summed E-state index contributed by atoms with van der Waals surface area (Å²) in [5.41, 5.74) is 19.8. The Kier molecular flexibility index (Phi) is 7.68. The van der Waals surface area contributed by atoms with E-state index in [4.69, 9.17) is 4.98 Å². The maximum atomic E-state index is 6.06. The van der Waals surface area contributed by atoms with Crippen molar-refractivity contribution in [2.24, 2.45) is 0 Å². The largest absolute Gasteiger partial charge is 0.309 e. The standard InChI is InChI=1S/C73H41N5/c1-3-19-46(20-4-1)75-61-31-13-11-25-52(61)56-37-44(33-35-63(56)75)50-27-15-29-54-58-39-43-18-8-10-24-49(43)67-68-65(77(69(50)54)72(58)67)41-60-59-40-42-17-7-9-23-48(42)66-55-30-16-28-51(70(55)78(71(59)66)73(60)74-68)45-34-36-64-57(38-45)53-26-12-14-32-62(53)76(64)47-21-5-2-6-22-47/h1-41H. The van der Waals surface area contributed by atoms with Gasteiger partial charge in [-0.3, -0.25) is 4.40 Å². The lowest BCUT2D eigenvalue weighted by Gasteiger charge is -2.10. The van der Waals surface area contributed by atoms with Crippen LogP contribution in [0, 0.1) is 0 Å². The third-order valence-corrected chi connectivity index (χ3v) is 17.5. The SMILES string of the molecule is c1ccc(-n2c3ccccc3c3cc(-c4cccc5c6cc7ccccc7c7c8nc9c(cc8n(c45)c67)c4cc5ccccc5c5c6cccc(-c7ccc8c(c7)c7ccccc7n8-c7ccccc7)c6n9c45)ccc32)cc1. The highest BCUT2D eigenvalue weighted by atomic mass is 15.0. The smallest absolute Gasteiger partial charge is 0.146 e. The van der Waals surface area contributed by atoms with Crippen LogP contribution in [0.3, 0.4) is 0 Å². The van der Waals surface area contributed by atoms with Gasteiger partial charge in [-0.1, -0.05) is 170 Å². The van der Waals surface area contributed by atoms with Gasteiger partial charge in [-0.2, -0.15) is 0 Å². The number of fused-ring (bicyclic) bond motifs is 22. The molecule has 0 N–H and O–H groups in total. The molecule has 5 nitrogen and oxygen atoms in total. The van der Waals surface area contributed by atoms with Crippen LogP contribution in [-0.4, -0.2) is 22.9 Å². The number of hydrogen-bond acceptors (Lipinski definition) is 1. The minimum atomic E-state index is 0.977. The van der Waals surface area contributed by atoms with E-state index in [1.165, 1.54) is 142 Å². The first-order chi connectivity index (χ1) is 38.7. The van der Waals surface area contributed by atoms with E-state index in [0.29, 0.717) is 0 Å². The van der Waals surface area contributed by atoms with E-state index in [1.54, 1.807) is 0 Å². The second-order valence-corrected chi connectivity index (χ2v) is 21.4. The maximum absolute atomic E-state index is 6.06. The molecule has 358 valence electrons. The predicted octanol–water partition coefficient (Wildman–Crippen LogP) is 19.2. The third kappa shape index (κ3) is 5.09. The fourth-order valence-corrected chi connectivity index (χ4v) is 14.4. The molecule has 0 bridgehead atoms. The van der Waals surface area contributed by atoms with Crippen molar-refractivity contribution >= 4 is 142 Å². The summed E-state index contributed by atoms with van der Waals surface area (Å²) >= 11 is 0. The fourth-order valence-electron chi connectivity index (χ4n) is 14.4. The highest BCUT2D eigenvalue weighted by Gasteiger charge is 2.28. The zero-order valence-corrected chi connectivity index (χ0v) is 41.9. The first-order valence-electron chi connectivity index (χ1n) is 27.0. The Morgan fingerprint density at radius 1 is 0.256 bits per heavy atom. The van der Waals surface area contributed by atoms with Crippen molar-refractivity contribution in [2.75, 3.05) is 0 Å². The fraction of sp³-hybridized carbons (Fsp3) is 0. The second kappa shape index (κ2) is 14.7. The molecule has 0 spiro atoms. The second-order valence-electron chi connectivity index (χ2n) is 21.4. The van der Waals surface area contributed by atoms with Gasteiger partial charge in [-0.15, -0.1) is 0 Å². The first-order valence-corrected chi connectivity index (χ1v) is 27.0. The van der Waals surface area contributed by atoms with Gasteiger partial charge in [0.15, 0.2) is 0 Å². The summed E-state index contributed by atoms with van der Waals surface area (Å²) in [6.07, 6.45) is 0. The summed E-state index contributed by atoms with van der Waals surface area (Å²) in [6, 6.07) is 92.2. The van der Waals surface area contributed by atoms with Crippen molar-refractivity contribution in [3.63, 3.8) is 0 Å². The molecule has 0 aliphatic heterocycles. The van der Waals surface area contributed by atoms with E-state index in [1.807, 2.05) is 0 Å². The Balaban J connectivity index is 0.933. The minimum absolute atomic E-state index is 0.977. The molecule has 19 aromatic rings. The van der Waals surface area contributed by atoms with Crippen LogP contribution in [0.25, 0.3) is 175 Å². The van der Waals surface area contributed by atoms with Gasteiger partial charge in [0.2, 0.25) is 0 Å². The molecule has 0 aliphatic rings. The maximum Gasteiger partial charge on any atom is 0.146 e. The molecule has 12 aromatic carbocycles. The average Bonchev–Trinajstić information content (AvgIpc) is 3.71. The molecule has 7 heterocycles. The summed E-state index contributed by atoms with van der Waals surface area (Å²) in [7, 11) is 0. The zero-order chi connectivity index (χ0) is 50.5. The van der Waals surface area contributed by atoms with Gasteiger partial charge >= 0.3 is 0 Å². The zero-order valence-electron chi connectivity index (χ0n) is 41.9. The van der Waals surface area contributed by atoms with Crippen LogP contribution in [0.2, 0.25) is 0 Å². The van der Waals surface area contributed by atoms with E-state index in [9.17, 15) is 0 Å². The van der Waals surface area contributed by atoms with Crippen molar-refractivity contribution in [3.05, 3.63) is 249 Å². The summed E-state index contributed by atoms with van der Waals surface area (Å²) in [4.78, 5) is 6.06. The van der Waals surface area contributed by atoms with Crippen molar-refractivity contribution in [1.29, 1.82) is 0 Å². The molecule has 0 fully saturated rings. The Labute approximate surface area is 444 Å². The van der Waals surface area contributed by atoms with Gasteiger partial charge in [-0.25, -0.2) is 4.98 Å². The van der Waals surface area contributed by atoms with Gasteiger partial charge < -0.3 is 13.5 Å². The summed E-state index contributed by atoms with van der Waals surface area (Å²) < 4.78 is 9.89. The van der Waals surface area contributed by atoms with Crippen molar-refractivity contribution in [2.45, 2.75) is 0 Å². The summed E-state index contributed by atoms with van der Waals surface area (Å²) in [6.45, 7) is 0. The van der Waals surface area contributed by atoms with Crippen molar-refractivity contribution < 1.29 is 0 Å². The number of rotatable bonds is 4. The average molecular weight is 988 g/mol. The lowest BCUT2D eigenvalue weighted by atomic mass is 9.97. The van der Waals surface area contributed by atoms with E-state index in [2.05, 4.69) is 267 Å². The molecule has 0 atom stereocenters. The lowest BCUT2D eigenvalue weighted by Crippen LogP contribution is -1.93. The van der Waals surface area contributed by atoms with Gasteiger partial charge in [0, 0.05) is 81.8 Å². The Bertz CT molecular complexity index is 5790. The van der Waals surface area contributed by atoms with E-state index in [0.717, 1.165) is 33.4 Å². The van der Waals surface area contributed by atoms with Crippen LogP contribution >= 0.6 is 0 Å². The summed E-state index contributed by atoms with van der Waals surface area (Å²) in [5, 5.41) is 18.4. The highest BCUT2D eigenvalue weighted by Crippen LogP contribution is 2.50.